The van der Waals surface area contributed by atoms with Crippen LogP contribution in [0.2, 0.25) is 0 Å². The monoisotopic (exact) mass is 504 g/mol. The molecule has 0 bridgehead atoms. The number of methoxy groups -OCH3 is 2. The molecule has 3 aromatic carbocycles. The molecule has 0 aliphatic carbocycles. The lowest BCUT2D eigenvalue weighted by Crippen LogP contribution is -2.19. The van der Waals surface area contributed by atoms with E-state index >= 15 is 0 Å². The van der Waals surface area contributed by atoms with Gasteiger partial charge in [0.1, 0.15) is 16.7 Å². The summed E-state index contributed by atoms with van der Waals surface area (Å²) in [6.07, 6.45) is 0. The van der Waals surface area contributed by atoms with Gasteiger partial charge in [0.2, 0.25) is 5.91 Å². The van der Waals surface area contributed by atoms with Crippen LogP contribution in [0.15, 0.2) is 95.2 Å². The summed E-state index contributed by atoms with van der Waals surface area (Å²) in [7, 11) is 3.13. The van der Waals surface area contributed by atoms with Gasteiger partial charge in [-0.1, -0.05) is 42.5 Å². The number of hydrogen-bond acceptors (Lipinski definition) is 6. The number of hydrogen-bond donors (Lipinski definition) is 2. The molecule has 0 aliphatic heterocycles. The second-order valence-corrected chi connectivity index (χ2v) is 9.58. The number of rotatable bonds is 9. The van der Waals surface area contributed by atoms with Crippen LogP contribution in [0.3, 0.4) is 0 Å². The molecule has 1 unspecified atom stereocenters. The quantitative estimate of drug-likeness (QED) is 0.255. The van der Waals surface area contributed by atoms with Crippen LogP contribution in [0.4, 0.5) is 11.4 Å². The topological polar surface area (TPSA) is 76.7 Å². The van der Waals surface area contributed by atoms with Crippen LogP contribution in [0.5, 0.6) is 11.5 Å². The molecule has 1 aromatic heterocycles. The summed E-state index contributed by atoms with van der Waals surface area (Å²) in [6, 6.07) is 25.9. The van der Waals surface area contributed by atoms with Crippen molar-refractivity contribution in [2.24, 2.45) is 0 Å². The Balaban J connectivity index is 1.56. The molecule has 0 saturated heterocycles. The number of thioether (sulfide) groups is 1. The fourth-order valence-electron chi connectivity index (χ4n) is 3.37. The van der Waals surface area contributed by atoms with Gasteiger partial charge in [-0.2, -0.15) is 0 Å². The third kappa shape index (κ3) is 6.44. The van der Waals surface area contributed by atoms with E-state index in [0.717, 1.165) is 10.5 Å². The second kappa shape index (κ2) is 11.6. The van der Waals surface area contributed by atoms with E-state index in [2.05, 4.69) is 10.6 Å². The lowest BCUT2D eigenvalue weighted by atomic mass is 10.1. The summed E-state index contributed by atoms with van der Waals surface area (Å²) in [6.45, 7) is 0. The molecule has 4 rings (SSSR count). The number of nitrogens with one attached hydrogen (secondary N) is 2. The van der Waals surface area contributed by atoms with Gasteiger partial charge in [-0.3, -0.25) is 9.59 Å². The first-order chi connectivity index (χ1) is 17.1. The van der Waals surface area contributed by atoms with Gasteiger partial charge in [0, 0.05) is 34.5 Å². The van der Waals surface area contributed by atoms with Gasteiger partial charge in [-0.25, -0.2) is 0 Å². The van der Waals surface area contributed by atoms with Crippen molar-refractivity contribution in [3.8, 4) is 11.5 Å². The minimum atomic E-state index is -0.531. The highest BCUT2D eigenvalue weighted by Crippen LogP contribution is 2.38. The number of amides is 2. The van der Waals surface area contributed by atoms with Gasteiger partial charge in [-0.05, 0) is 35.2 Å². The Bertz CT molecular complexity index is 1270. The Kier molecular flexibility index (Phi) is 8.07. The standard InChI is InChI=1S/C27H24N2O4S2/c1-32-21-14-20(15-22(17-21)33-2)29-27(31)25(18-8-4-3-5-9-18)35-23-11-6-10-19(16-23)28-26(30)24-12-7-13-34-24/h3-17,25H,1-2H3,(H,28,30)(H,29,31). The number of benzene rings is 3. The Labute approximate surface area is 212 Å². The minimum absolute atomic E-state index is 0.161. The number of thiophene rings is 1. The Morgan fingerprint density at radius 3 is 2.20 bits per heavy atom. The number of carbonyl (C=O) groups is 2. The highest BCUT2D eigenvalue weighted by atomic mass is 32.2. The highest BCUT2D eigenvalue weighted by molar-refractivity contribution is 8.00. The second-order valence-electron chi connectivity index (χ2n) is 7.46. The zero-order chi connectivity index (χ0) is 24.6. The van der Waals surface area contributed by atoms with E-state index < -0.39 is 5.25 Å². The molecule has 0 fully saturated rings. The molecule has 1 atom stereocenters. The average molecular weight is 505 g/mol. The van der Waals surface area contributed by atoms with Crippen LogP contribution in [0.1, 0.15) is 20.5 Å². The van der Waals surface area contributed by atoms with Crippen LogP contribution in [0.25, 0.3) is 0 Å². The molecule has 6 nitrogen and oxygen atoms in total. The van der Waals surface area contributed by atoms with Crippen molar-refractivity contribution < 1.29 is 19.1 Å². The molecular formula is C27H24N2O4S2. The fraction of sp³-hybridized carbons (Fsp3) is 0.111. The maximum absolute atomic E-state index is 13.5. The summed E-state index contributed by atoms with van der Waals surface area (Å²) in [4.78, 5) is 27.4. The third-order valence-electron chi connectivity index (χ3n) is 5.05. The average Bonchev–Trinajstić information content (AvgIpc) is 3.43. The van der Waals surface area contributed by atoms with E-state index in [1.54, 1.807) is 38.5 Å². The molecule has 4 aromatic rings. The van der Waals surface area contributed by atoms with Gasteiger partial charge >= 0.3 is 0 Å². The van der Waals surface area contributed by atoms with Crippen molar-refractivity contribution in [1.82, 2.24) is 0 Å². The van der Waals surface area contributed by atoms with Crippen molar-refractivity contribution in [1.29, 1.82) is 0 Å². The predicted octanol–water partition coefficient (Wildman–Crippen LogP) is 6.49. The SMILES string of the molecule is COc1cc(NC(=O)C(Sc2cccc(NC(=O)c3cccs3)c2)c2ccccc2)cc(OC)c1. The summed E-state index contributed by atoms with van der Waals surface area (Å²) >= 11 is 2.79. The normalized spacial score (nSPS) is 11.4. The van der Waals surface area contributed by atoms with E-state index in [9.17, 15) is 9.59 Å². The maximum atomic E-state index is 13.5. The maximum Gasteiger partial charge on any atom is 0.265 e. The van der Waals surface area contributed by atoms with Crippen LogP contribution in [-0.4, -0.2) is 26.0 Å². The molecule has 0 saturated carbocycles. The summed E-state index contributed by atoms with van der Waals surface area (Å²) in [5, 5.41) is 7.24. The van der Waals surface area contributed by atoms with Crippen LogP contribution in [-0.2, 0) is 4.79 Å². The lowest BCUT2D eigenvalue weighted by Gasteiger charge is -2.18. The lowest BCUT2D eigenvalue weighted by molar-refractivity contribution is -0.115. The molecule has 2 amide bonds. The van der Waals surface area contributed by atoms with E-state index in [1.807, 2.05) is 66.0 Å². The zero-order valence-corrected chi connectivity index (χ0v) is 20.8. The first kappa shape index (κ1) is 24.4. The fourth-order valence-corrected chi connectivity index (χ4v) is 5.07. The van der Waals surface area contributed by atoms with Crippen molar-refractivity contribution in [3.05, 3.63) is 101 Å². The predicted molar refractivity (Wildman–Crippen MR) is 142 cm³/mol. The van der Waals surface area contributed by atoms with Crippen LogP contribution < -0.4 is 20.1 Å². The van der Waals surface area contributed by atoms with Crippen molar-refractivity contribution in [2.45, 2.75) is 10.1 Å². The minimum Gasteiger partial charge on any atom is -0.497 e. The molecule has 2 N–H and O–H groups in total. The summed E-state index contributed by atoms with van der Waals surface area (Å²) in [5.74, 6) is 0.812. The van der Waals surface area contributed by atoms with E-state index in [1.165, 1.54) is 23.1 Å². The van der Waals surface area contributed by atoms with Crippen LogP contribution >= 0.6 is 23.1 Å². The summed E-state index contributed by atoms with van der Waals surface area (Å²) in [5.41, 5.74) is 2.10. The molecule has 1 heterocycles. The van der Waals surface area contributed by atoms with Gasteiger partial charge in [0.25, 0.3) is 5.91 Å². The van der Waals surface area contributed by atoms with Crippen molar-refractivity contribution in [2.75, 3.05) is 24.9 Å². The molecule has 0 radical (unpaired) electrons. The zero-order valence-electron chi connectivity index (χ0n) is 19.2. The van der Waals surface area contributed by atoms with E-state index in [0.29, 0.717) is 27.8 Å². The first-order valence-electron chi connectivity index (χ1n) is 10.8. The molecule has 0 aliphatic rings. The Morgan fingerprint density at radius 2 is 1.54 bits per heavy atom. The largest absolute Gasteiger partial charge is 0.497 e. The van der Waals surface area contributed by atoms with Gasteiger partial charge in [-0.15, -0.1) is 23.1 Å². The molecular weight excluding hydrogens is 480 g/mol. The third-order valence-corrected chi connectivity index (χ3v) is 7.17. The van der Waals surface area contributed by atoms with Crippen molar-refractivity contribution >= 4 is 46.3 Å². The molecule has 35 heavy (non-hydrogen) atoms. The number of ether oxygens (including phenoxy) is 2. The Hall–Kier alpha value is -3.75. The molecule has 0 spiro atoms. The highest BCUT2D eigenvalue weighted by Gasteiger charge is 2.23. The molecule has 8 heteroatoms. The van der Waals surface area contributed by atoms with Gasteiger partial charge < -0.3 is 20.1 Å². The molecule has 178 valence electrons. The Morgan fingerprint density at radius 1 is 0.800 bits per heavy atom. The van der Waals surface area contributed by atoms with Gasteiger partial charge in [0.05, 0.1) is 19.1 Å². The van der Waals surface area contributed by atoms with E-state index in [-0.39, 0.29) is 11.8 Å². The van der Waals surface area contributed by atoms with Crippen molar-refractivity contribution in [3.63, 3.8) is 0 Å². The number of anilines is 2. The van der Waals surface area contributed by atoms with Crippen LogP contribution in [0, 0.1) is 0 Å². The van der Waals surface area contributed by atoms with Gasteiger partial charge in [0.15, 0.2) is 0 Å². The summed E-state index contributed by atoms with van der Waals surface area (Å²) < 4.78 is 10.6. The van der Waals surface area contributed by atoms with E-state index in [4.69, 9.17) is 9.47 Å². The first-order valence-corrected chi connectivity index (χ1v) is 12.5. The number of carbonyl (C=O) groups excluding carboxylic acids is 2. The smallest absolute Gasteiger partial charge is 0.265 e.